The molecule has 2 aliphatic rings. The van der Waals surface area contributed by atoms with E-state index in [2.05, 4.69) is 4.90 Å². The number of carbonyl (C=O) groups is 2. The van der Waals surface area contributed by atoms with Gasteiger partial charge >= 0.3 is 0 Å². The first-order valence-corrected chi connectivity index (χ1v) is 9.26. The number of rotatable bonds is 5. The molecule has 1 aromatic carbocycles. The van der Waals surface area contributed by atoms with Gasteiger partial charge in [0.15, 0.2) is 0 Å². The fourth-order valence-corrected chi connectivity index (χ4v) is 3.38. The summed E-state index contributed by atoms with van der Waals surface area (Å²) in [5.74, 6) is 0.445. The van der Waals surface area contributed by atoms with Gasteiger partial charge in [-0.25, -0.2) is 0 Å². The molecule has 142 valence electrons. The van der Waals surface area contributed by atoms with E-state index in [1.54, 1.807) is 12.1 Å². The summed E-state index contributed by atoms with van der Waals surface area (Å²) in [6.07, 6.45) is 0.904. The van der Waals surface area contributed by atoms with Gasteiger partial charge in [0, 0.05) is 45.7 Å². The fraction of sp³-hybridized carbons (Fsp3) is 0.579. The molecule has 2 fully saturated rings. The number of phenolic OH excluding ortho intramolecular Hbond substituents is 1. The van der Waals surface area contributed by atoms with Crippen molar-refractivity contribution in [2.45, 2.75) is 12.8 Å². The highest BCUT2D eigenvalue weighted by Crippen LogP contribution is 2.18. The van der Waals surface area contributed by atoms with Crippen LogP contribution >= 0.6 is 0 Å². The Morgan fingerprint density at radius 1 is 0.923 bits per heavy atom. The number of amides is 2. The van der Waals surface area contributed by atoms with Crippen molar-refractivity contribution in [2.75, 3.05) is 59.0 Å². The standard InChI is InChI=1S/C19H27N3O4/c23-17-4-2-1-3-16(17)5-6-18(24)21-7-9-22(10-8-21)19(25)15-20-11-13-26-14-12-20/h1-4,23H,5-15H2. The number of carbonyl (C=O) groups excluding carboxylic acids is 2. The molecule has 0 radical (unpaired) electrons. The Labute approximate surface area is 154 Å². The topological polar surface area (TPSA) is 73.3 Å². The number of nitrogens with zero attached hydrogens (tertiary/aromatic N) is 3. The lowest BCUT2D eigenvalue weighted by molar-refractivity contribution is -0.140. The molecule has 26 heavy (non-hydrogen) atoms. The molecule has 3 rings (SSSR count). The van der Waals surface area contributed by atoms with Crippen LogP contribution in [0.1, 0.15) is 12.0 Å². The molecule has 0 aliphatic carbocycles. The van der Waals surface area contributed by atoms with Crippen LogP contribution in [0, 0.1) is 0 Å². The molecule has 2 saturated heterocycles. The van der Waals surface area contributed by atoms with E-state index in [1.807, 2.05) is 21.9 Å². The van der Waals surface area contributed by atoms with E-state index in [0.717, 1.165) is 18.7 Å². The van der Waals surface area contributed by atoms with Gasteiger partial charge in [-0.2, -0.15) is 0 Å². The quantitative estimate of drug-likeness (QED) is 0.818. The third kappa shape index (κ3) is 4.95. The van der Waals surface area contributed by atoms with Crippen LogP contribution in [0.5, 0.6) is 5.75 Å². The average molecular weight is 361 g/mol. The van der Waals surface area contributed by atoms with Gasteiger partial charge in [0.25, 0.3) is 0 Å². The van der Waals surface area contributed by atoms with Gasteiger partial charge in [-0.3, -0.25) is 14.5 Å². The SMILES string of the molecule is O=C(CCc1ccccc1O)N1CCN(C(=O)CN2CCOCC2)CC1. The molecular weight excluding hydrogens is 334 g/mol. The summed E-state index contributed by atoms with van der Waals surface area (Å²) in [4.78, 5) is 30.6. The van der Waals surface area contributed by atoms with Gasteiger partial charge in [-0.15, -0.1) is 0 Å². The predicted octanol–water partition coefficient (Wildman–Crippen LogP) is 0.328. The number of phenols is 1. The van der Waals surface area contributed by atoms with Crippen molar-refractivity contribution < 1.29 is 19.4 Å². The molecule has 2 aliphatic heterocycles. The summed E-state index contributed by atoms with van der Waals surface area (Å²) in [5, 5.41) is 9.78. The summed E-state index contributed by atoms with van der Waals surface area (Å²) in [6, 6.07) is 7.11. The number of aryl methyl sites for hydroxylation is 1. The van der Waals surface area contributed by atoms with Crippen molar-refractivity contribution in [3.8, 4) is 5.75 Å². The van der Waals surface area contributed by atoms with Gasteiger partial charge in [0.1, 0.15) is 5.75 Å². The monoisotopic (exact) mass is 361 g/mol. The summed E-state index contributed by atoms with van der Waals surface area (Å²) < 4.78 is 5.30. The molecular formula is C19H27N3O4. The number of benzene rings is 1. The number of ether oxygens (including phenoxy) is 1. The second kappa shape index (κ2) is 9.00. The zero-order valence-electron chi connectivity index (χ0n) is 15.1. The van der Waals surface area contributed by atoms with Crippen LogP contribution in [-0.4, -0.2) is 90.6 Å². The van der Waals surface area contributed by atoms with E-state index in [1.165, 1.54) is 0 Å². The maximum Gasteiger partial charge on any atom is 0.236 e. The maximum atomic E-state index is 12.4. The summed E-state index contributed by atoms with van der Waals surface area (Å²) in [7, 11) is 0. The second-order valence-corrected chi connectivity index (χ2v) is 6.78. The number of para-hydroxylation sites is 1. The normalized spacial score (nSPS) is 18.8. The predicted molar refractivity (Wildman–Crippen MR) is 96.8 cm³/mol. The molecule has 0 saturated carbocycles. The van der Waals surface area contributed by atoms with Crippen LogP contribution < -0.4 is 0 Å². The Morgan fingerprint density at radius 3 is 2.19 bits per heavy atom. The third-order valence-electron chi connectivity index (χ3n) is 5.05. The fourth-order valence-electron chi connectivity index (χ4n) is 3.38. The molecule has 1 aromatic rings. The van der Waals surface area contributed by atoms with Crippen LogP contribution in [0.15, 0.2) is 24.3 Å². The van der Waals surface area contributed by atoms with Crippen molar-refractivity contribution >= 4 is 11.8 Å². The molecule has 7 nitrogen and oxygen atoms in total. The first-order chi connectivity index (χ1) is 12.6. The Hall–Kier alpha value is -2.12. The van der Waals surface area contributed by atoms with Gasteiger partial charge in [0.05, 0.1) is 19.8 Å². The molecule has 0 aromatic heterocycles. The third-order valence-corrected chi connectivity index (χ3v) is 5.05. The minimum absolute atomic E-state index is 0.0773. The van der Waals surface area contributed by atoms with Crippen molar-refractivity contribution in [3.63, 3.8) is 0 Å². The molecule has 0 spiro atoms. The van der Waals surface area contributed by atoms with E-state index in [0.29, 0.717) is 58.8 Å². The van der Waals surface area contributed by atoms with Gasteiger partial charge < -0.3 is 19.6 Å². The lowest BCUT2D eigenvalue weighted by Gasteiger charge is -2.36. The number of aromatic hydroxyl groups is 1. The van der Waals surface area contributed by atoms with Gasteiger partial charge in [-0.1, -0.05) is 18.2 Å². The summed E-state index contributed by atoms with van der Waals surface area (Å²) in [6.45, 7) is 5.75. The Kier molecular flexibility index (Phi) is 6.46. The van der Waals surface area contributed by atoms with Crippen LogP contribution in [-0.2, 0) is 20.7 Å². The van der Waals surface area contributed by atoms with Crippen molar-refractivity contribution in [1.29, 1.82) is 0 Å². The Morgan fingerprint density at radius 2 is 1.54 bits per heavy atom. The zero-order valence-corrected chi connectivity index (χ0v) is 15.1. The zero-order chi connectivity index (χ0) is 18.4. The van der Waals surface area contributed by atoms with E-state index in [-0.39, 0.29) is 17.6 Å². The molecule has 7 heteroatoms. The average Bonchev–Trinajstić information content (AvgIpc) is 2.68. The van der Waals surface area contributed by atoms with Crippen LogP contribution in [0.3, 0.4) is 0 Å². The largest absolute Gasteiger partial charge is 0.508 e. The van der Waals surface area contributed by atoms with E-state index >= 15 is 0 Å². The molecule has 0 bridgehead atoms. The minimum atomic E-state index is 0.0773. The molecule has 0 atom stereocenters. The van der Waals surface area contributed by atoms with Crippen LogP contribution in [0.4, 0.5) is 0 Å². The Bertz CT molecular complexity index is 623. The minimum Gasteiger partial charge on any atom is -0.508 e. The van der Waals surface area contributed by atoms with Crippen LogP contribution in [0.25, 0.3) is 0 Å². The smallest absolute Gasteiger partial charge is 0.236 e. The Balaban J connectivity index is 1.40. The second-order valence-electron chi connectivity index (χ2n) is 6.78. The van der Waals surface area contributed by atoms with Crippen LogP contribution in [0.2, 0.25) is 0 Å². The number of morpholine rings is 1. The lowest BCUT2D eigenvalue weighted by Crippen LogP contribution is -2.53. The molecule has 0 unspecified atom stereocenters. The number of piperazine rings is 1. The molecule has 2 amide bonds. The van der Waals surface area contributed by atoms with Gasteiger partial charge in [-0.05, 0) is 18.1 Å². The highest BCUT2D eigenvalue weighted by Gasteiger charge is 2.25. The highest BCUT2D eigenvalue weighted by atomic mass is 16.5. The van der Waals surface area contributed by atoms with E-state index in [9.17, 15) is 14.7 Å². The van der Waals surface area contributed by atoms with Crippen molar-refractivity contribution in [3.05, 3.63) is 29.8 Å². The molecule has 2 heterocycles. The van der Waals surface area contributed by atoms with E-state index in [4.69, 9.17) is 4.74 Å². The van der Waals surface area contributed by atoms with Crippen molar-refractivity contribution in [1.82, 2.24) is 14.7 Å². The lowest BCUT2D eigenvalue weighted by atomic mass is 10.1. The first-order valence-electron chi connectivity index (χ1n) is 9.26. The maximum absolute atomic E-state index is 12.4. The highest BCUT2D eigenvalue weighted by molar-refractivity contribution is 5.79. The summed E-state index contributed by atoms with van der Waals surface area (Å²) in [5.41, 5.74) is 0.792. The first kappa shape index (κ1) is 18.7. The van der Waals surface area contributed by atoms with E-state index < -0.39 is 0 Å². The number of hydrogen-bond donors (Lipinski definition) is 1. The molecule has 1 N–H and O–H groups in total. The van der Waals surface area contributed by atoms with Crippen molar-refractivity contribution in [2.24, 2.45) is 0 Å². The van der Waals surface area contributed by atoms with Gasteiger partial charge in [0.2, 0.25) is 11.8 Å². The number of hydrogen-bond acceptors (Lipinski definition) is 5. The summed E-state index contributed by atoms with van der Waals surface area (Å²) >= 11 is 0.